The Morgan fingerprint density at radius 3 is 2.65 bits per heavy atom. The van der Waals surface area contributed by atoms with Gasteiger partial charge in [-0.1, -0.05) is 42.1 Å². The van der Waals surface area contributed by atoms with Crippen LogP contribution >= 0.6 is 11.8 Å². The molecule has 0 saturated carbocycles. The van der Waals surface area contributed by atoms with Gasteiger partial charge in [0.15, 0.2) is 5.16 Å². The molecule has 0 bridgehead atoms. The SMILES string of the molecule is Cn1c(=O)c2ccccc2n2c(SCc3ccccc3[N+](=O)[O-])nnc12. The number of nitro benzene ring substituents is 1. The molecule has 4 aromatic rings. The van der Waals surface area contributed by atoms with Crippen LogP contribution in [0.4, 0.5) is 5.69 Å². The number of benzene rings is 2. The number of thioether (sulfide) groups is 1. The summed E-state index contributed by atoms with van der Waals surface area (Å²) in [5, 5.41) is 20.6. The van der Waals surface area contributed by atoms with E-state index < -0.39 is 4.92 Å². The van der Waals surface area contributed by atoms with Gasteiger partial charge in [-0.3, -0.25) is 23.9 Å². The molecule has 0 radical (unpaired) electrons. The third-order valence-corrected chi connectivity index (χ3v) is 5.12. The molecule has 4 rings (SSSR count). The van der Waals surface area contributed by atoms with Crippen molar-refractivity contribution in [2.75, 3.05) is 0 Å². The highest BCUT2D eigenvalue weighted by Crippen LogP contribution is 2.28. The maximum absolute atomic E-state index is 12.5. The second kappa shape index (κ2) is 6.26. The molecule has 2 aromatic carbocycles. The molecule has 0 fully saturated rings. The number of nitrogens with zero attached hydrogens (tertiary/aromatic N) is 5. The average molecular weight is 367 g/mol. The molecule has 0 aliphatic carbocycles. The average Bonchev–Trinajstić information content (AvgIpc) is 3.09. The van der Waals surface area contributed by atoms with Crippen LogP contribution in [0.15, 0.2) is 58.5 Å². The largest absolute Gasteiger partial charge is 0.279 e. The molecule has 8 nitrogen and oxygen atoms in total. The fourth-order valence-electron chi connectivity index (χ4n) is 2.86. The fourth-order valence-corrected chi connectivity index (χ4v) is 3.79. The molecule has 9 heteroatoms. The highest BCUT2D eigenvalue weighted by Gasteiger charge is 2.17. The van der Waals surface area contributed by atoms with E-state index in [-0.39, 0.29) is 11.2 Å². The van der Waals surface area contributed by atoms with Crippen molar-refractivity contribution in [2.45, 2.75) is 10.9 Å². The minimum atomic E-state index is -0.392. The van der Waals surface area contributed by atoms with Crippen molar-refractivity contribution >= 4 is 34.1 Å². The number of aromatic nitrogens is 4. The van der Waals surface area contributed by atoms with Gasteiger partial charge in [0.1, 0.15) is 0 Å². The van der Waals surface area contributed by atoms with Crippen LogP contribution in [0.3, 0.4) is 0 Å². The number of aryl methyl sites for hydroxylation is 1. The van der Waals surface area contributed by atoms with Gasteiger partial charge in [0, 0.05) is 24.4 Å². The van der Waals surface area contributed by atoms with Gasteiger partial charge >= 0.3 is 0 Å². The first-order chi connectivity index (χ1) is 12.6. The third-order valence-electron chi connectivity index (χ3n) is 4.14. The second-order valence-electron chi connectivity index (χ2n) is 5.67. The van der Waals surface area contributed by atoms with E-state index in [0.717, 1.165) is 0 Å². The zero-order valence-electron chi connectivity index (χ0n) is 13.7. The minimum Gasteiger partial charge on any atom is -0.279 e. The van der Waals surface area contributed by atoms with Crippen molar-refractivity contribution in [3.8, 4) is 0 Å². The summed E-state index contributed by atoms with van der Waals surface area (Å²) in [5.74, 6) is 0.800. The summed E-state index contributed by atoms with van der Waals surface area (Å²) >= 11 is 1.34. The lowest BCUT2D eigenvalue weighted by Gasteiger charge is -2.07. The van der Waals surface area contributed by atoms with Gasteiger partial charge in [0.05, 0.1) is 15.8 Å². The number of fused-ring (bicyclic) bond motifs is 3. The maximum atomic E-state index is 12.5. The summed E-state index contributed by atoms with van der Waals surface area (Å²) in [6.07, 6.45) is 0. The summed E-state index contributed by atoms with van der Waals surface area (Å²) in [7, 11) is 1.65. The van der Waals surface area contributed by atoms with Crippen LogP contribution < -0.4 is 5.56 Å². The van der Waals surface area contributed by atoms with Gasteiger partial charge in [-0.05, 0) is 12.1 Å². The predicted octanol–water partition coefficient (Wildman–Crippen LogP) is 2.78. The third kappa shape index (κ3) is 2.53. The highest BCUT2D eigenvalue weighted by atomic mass is 32.2. The minimum absolute atomic E-state index is 0.0751. The molecule has 0 amide bonds. The quantitative estimate of drug-likeness (QED) is 0.313. The molecule has 26 heavy (non-hydrogen) atoms. The van der Waals surface area contributed by atoms with Crippen molar-refractivity contribution in [3.05, 3.63) is 74.6 Å². The monoisotopic (exact) mass is 367 g/mol. The Hall–Kier alpha value is -3.20. The second-order valence-corrected chi connectivity index (χ2v) is 6.62. The van der Waals surface area contributed by atoms with Gasteiger partial charge < -0.3 is 0 Å². The normalized spacial score (nSPS) is 11.3. The van der Waals surface area contributed by atoms with Gasteiger partial charge in [0.2, 0.25) is 5.78 Å². The fraction of sp³-hybridized carbons (Fsp3) is 0.118. The molecule has 2 heterocycles. The van der Waals surface area contributed by atoms with Gasteiger partial charge in [-0.15, -0.1) is 10.2 Å². The summed E-state index contributed by atoms with van der Waals surface area (Å²) in [4.78, 5) is 23.2. The lowest BCUT2D eigenvalue weighted by molar-refractivity contribution is -0.385. The van der Waals surface area contributed by atoms with E-state index in [2.05, 4.69) is 10.2 Å². The molecular formula is C17H13N5O3S. The van der Waals surface area contributed by atoms with Crippen LogP contribution in [0.25, 0.3) is 16.7 Å². The standard InChI is InChI=1S/C17H13N5O3S/c1-20-15(23)12-7-3-5-9-14(12)21-16(20)18-19-17(21)26-10-11-6-2-4-8-13(11)22(24)25/h2-9H,10H2,1H3. The van der Waals surface area contributed by atoms with Crippen molar-refractivity contribution in [1.82, 2.24) is 19.2 Å². The molecule has 0 spiro atoms. The zero-order chi connectivity index (χ0) is 18.3. The summed E-state index contributed by atoms with van der Waals surface area (Å²) in [6.45, 7) is 0. The Balaban J connectivity index is 1.82. The van der Waals surface area contributed by atoms with Crippen molar-refractivity contribution in [1.29, 1.82) is 0 Å². The Morgan fingerprint density at radius 2 is 1.85 bits per heavy atom. The molecule has 0 aliphatic rings. The van der Waals surface area contributed by atoms with E-state index in [1.807, 2.05) is 12.1 Å². The lowest BCUT2D eigenvalue weighted by Crippen LogP contribution is -2.20. The Bertz CT molecular complexity index is 1210. The van der Waals surface area contributed by atoms with E-state index in [9.17, 15) is 14.9 Å². The van der Waals surface area contributed by atoms with E-state index in [0.29, 0.717) is 33.2 Å². The van der Waals surface area contributed by atoms with Gasteiger partial charge in [-0.25, -0.2) is 0 Å². The van der Waals surface area contributed by atoms with Crippen LogP contribution in [-0.2, 0) is 12.8 Å². The van der Waals surface area contributed by atoms with E-state index >= 15 is 0 Å². The van der Waals surface area contributed by atoms with Crippen LogP contribution in [0.5, 0.6) is 0 Å². The number of hydrogen-bond donors (Lipinski definition) is 0. The molecule has 0 atom stereocenters. The number of hydrogen-bond acceptors (Lipinski definition) is 6. The van der Waals surface area contributed by atoms with Crippen molar-refractivity contribution in [2.24, 2.45) is 7.05 Å². The molecular weight excluding hydrogens is 354 g/mol. The highest BCUT2D eigenvalue weighted by molar-refractivity contribution is 7.98. The number of para-hydroxylation sites is 2. The molecule has 0 N–H and O–H groups in total. The molecule has 2 aromatic heterocycles. The van der Waals surface area contributed by atoms with Crippen LogP contribution in [0, 0.1) is 10.1 Å². The summed E-state index contributed by atoms with van der Waals surface area (Å²) in [5.41, 5.74) is 1.25. The van der Waals surface area contributed by atoms with E-state index in [1.54, 1.807) is 41.8 Å². The Labute approximate surface area is 151 Å². The first-order valence-electron chi connectivity index (χ1n) is 7.76. The molecule has 0 saturated heterocycles. The zero-order valence-corrected chi connectivity index (χ0v) is 14.5. The lowest BCUT2D eigenvalue weighted by atomic mass is 10.2. The topological polar surface area (TPSA) is 95.3 Å². The van der Waals surface area contributed by atoms with Gasteiger partial charge in [-0.2, -0.15) is 0 Å². The Morgan fingerprint density at radius 1 is 1.12 bits per heavy atom. The first kappa shape index (κ1) is 16.3. The number of nitro groups is 1. The van der Waals surface area contributed by atoms with Crippen molar-refractivity contribution < 1.29 is 4.92 Å². The smallest absolute Gasteiger partial charge is 0.273 e. The maximum Gasteiger partial charge on any atom is 0.273 e. The number of rotatable bonds is 4. The van der Waals surface area contributed by atoms with Crippen LogP contribution in [-0.4, -0.2) is 24.1 Å². The first-order valence-corrected chi connectivity index (χ1v) is 8.74. The van der Waals surface area contributed by atoms with Crippen LogP contribution in [0.1, 0.15) is 5.56 Å². The molecule has 0 aliphatic heterocycles. The predicted molar refractivity (Wildman–Crippen MR) is 98.4 cm³/mol. The molecule has 130 valence electrons. The van der Waals surface area contributed by atoms with Crippen LogP contribution in [0.2, 0.25) is 0 Å². The summed E-state index contributed by atoms with van der Waals surface area (Å²) < 4.78 is 3.25. The van der Waals surface area contributed by atoms with E-state index in [1.165, 1.54) is 22.4 Å². The van der Waals surface area contributed by atoms with Gasteiger partial charge in [0.25, 0.3) is 11.2 Å². The van der Waals surface area contributed by atoms with Crippen molar-refractivity contribution in [3.63, 3.8) is 0 Å². The molecule has 0 unspecified atom stereocenters. The Kier molecular flexibility index (Phi) is 3.92. The van der Waals surface area contributed by atoms with E-state index in [4.69, 9.17) is 0 Å². The summed E-state index contributed by atoms with van der Waals surface area (Å²) in [6, 6.07) is 13.9.